The average molecular weight is 223 g/mol. The van der Waals surface area contributed by atoms with Crippen molar-refractivity contribution < 1.29 is 14.3 Å². The van der Waals surface area contributed by atoms with Crippen LogP contribution in [-0.4, -0.2) is 25.2 Å². The van der Waals surface area contributed by atoms with Crippen LogP contribution >= 0.6 is 0 Å². The molecule has 0 fully saturated rings. The fraction of sp³-hybridized carbons (Fsp3) is 0.200. The van der Waals surface area contributed by atoms with E-state index in [4.69, 9.17) is 11.5 Å². The summed E-state index contributed by atoms with van der Waals surface area (Å²) < 4.78 is 4.45. The van der Waals surface area contributed by atoms with Gasteiger partial charge in [0.1, 0.15) is 6.61 Å². The molecule has 0 radical (unpaired) electrons. The molecule has 0 atom stereocenters. The lowest BCUT2D eigenvalue weighted by Gasteiger charge is -2.06. The third kappa shape index (κ3) is 3.49. The smallest absolute Gasteiger partial charge is 0.404 e. The number of amides is 2. The maximum atomic E-state index is 11.5. The predicted molar refractivity (Wildman–Crippen MR) is 58.7 cm³/mol. The van der Waals surface area contributed by atoms with Crippen LogP contribution < -0.4 is 16.8 Å². The Morgan fingerprint density at radius 2 is 2.00 bits per heavy atom. The van der Waals surface area contributed by atoms with Crippen molar-refractivity contribution in [2.75, 3.05) is 18.9 Å². The summed E-state index contributed by atoms with van der Waals surface area (Å²) in [6.45, 7) is 0.226. The molecule has 1 aromatic carbocycles. The second kappa shape index (κ2) is 5.59. The molecule has 2 amide bonds. The Bertz CT molecular complexity index is 393. The zero-order valence-electron chi connectivity index (χ0n) is 8.60. The van der Waals surface area contributed by atoms with Gasteiger partial charge in [-0.2, -0.15) is 0 Å². The molecular formula is C10H13N3O3. The van der Waals surface area contributed by atoms with Gasteiger partial charge in [0.15, 0.2) is 0 Å². The molecule has 0 heterocycles. The monoisotopic (exact) mass is 223 g/mol. The van der Waals surface area contributed by atoms with Gasteiger partial charge in [0.05, 0.1) is 12.1 Å². The molecule has 0 spiro atoms. The van der Waals surface area contributed by atoms with Crippen LogP contribution in [0.15, 0.2) is 24.3 Å². The SMILES string of the molecule is NC(=O)OCCNC(=O)c1ccccc1N. The minimum absolute atomic E-state index is 0.0355. The van der Waals surface area contributed by atoms with Gasteiger partial charge in [0.2, 0.25) is 0 Å². The lowest BCUT2D eigenvalue weighted by Crippen LogP contribution is -2.29. The summed E-state index contributed by atoms with van der Waals surface area (Å²) in [5, 5.41) is 2.54. The molecule has 0 aromatic heterocycles. The van der Waals surface area contributed by atoms with Crippen LogP contribution in [0.25, 0.3) is 0 Å². The Labute approximate surface area is 92.6 Å². The van der Waals surface area contributed by atoms with Crippen molar-refractivity contribution in [1.29, 1.82) is 0 Å². The fourth-order valence-corrected chi connectivity index (χ4v) is 1.12. The van der Waals surface area contributed by atoms with Gasteiger partial charge in [-0.1, -0.05) is 12.1 Å². The zero-order chi connectivity index (χ0) is 12.0. The standard InChI is InChI=1S/C10H13N3O3/c11-8-4-2-1-3-7(8)9(14)13-5-6-16-10(12)15/h1-4H,5-6,11H2,(H2,12,15)(H,13,14). The Morgan fingerprint density at radius 3 is 2.62 bits per heavy atom. The number of benzene rings is 1. The van der Waals surface area contributed by atoms with E-state index in [1.54, 1.807) is 24.3 Å². The highest BCUT2D eigenvalue weighted by molar-refractivity contribution is 5.99. The lowest BCUT2D eigenvalue weighted by atomic mass is 10.2. The van der Waals surface area contributed by atoms with Crippen LogP contribution in [0, 0.1) is 0 Å². The summed E-state index contributed by atoms with van der Waals surface area (Å²) in [6.07, 6.45) is -0.867. The second-order valence-corrected chi connectivity index (χ2v) is 3.01. The number of para-hydroxylation sites is 1. The van der Waals surface area contributed by atoms with Crippen LogP contribution in [0.5, 0.6) is 0 Å². The lowest BCUT2D eigenvalue weighted by molar-refractivity contribution is 0.0937. The minimum Gasteiger partial charge on any atom is -0.448 e. The number of carbonyl (C=O) groups is 2. The topological polar surface area (TPSA) is 107 Å². The van der Waals surface area contributed by atoms with Gasteiger partial charge in [-0.05, 0) is 12.1 Å². The van der Waals surface area contributed by atoms with Gasteiger partial charge < -0.3 is 21.5 Å². The number of carbonyl (C=O) groups excluding carboxylic acids is 2. The van der Waals surface area contributed by atoms with E-state index in [9.17, 15) is 9.59 Å². The Balaban J connectivity index is 2.41. The molecule has 0 saturated heterocycles. The van der Waals surface area contributed by atoms with E-state index in [1.807, 2.05) is 0 Å². The summed E-state index contributed by atoms with van der Waals surface area (Å²) in [7, 11) is 0. The van der Waals surface area contributed by atoms with E-state index in [1.165, 1.54) is 0 Å². The first-order chi connectivity index (χ1) is 7.61. The number of nitrogen functional groups attached to an aromatic ring is 1. The molecule has 0 saturated carbocycles. The van der Waals surface area contributed by atoms with Crippen molar-refractivity contribution >= 4 is 17.7 Å². The maximum absolute atomic E-state index is 11.5. The second-order valence-electron chi connectivity index (χ2n) is 3.01. The van der Waals surface area contributed by atoms with Crippen molar-refractivity contribution in [2.24, 2.45) is 5.73 Å². The first kappa shape index (κ1) is 11.8. The first-order valence-electron chi connectivity index (χ1n) is 4.66. The molecule has 0 aliphatic heterocycles. The molecule has 0 aliphatic rings. The molecule has 6 heteroatoms. The normalized spacial score (nSPS) is 9.50. The third-order valence-electron chi connectivity index (χ3n) is 1.84. The van der Waals surface area contributed by atoms with Crippen molar-refractivity contribution in [3.8, 4) is 0 Å². The van der Waals surface area contributed by atoms with Crippen LogP contribution in [0.3, 0.4) is 0 Å². The molecule has 0 bridgehead atoms. The minimum atomic E-state index is -0.867. The highest BCUT2D eigenvalue weighted by Gasteiger charge is 2.07. The number of nitrogens with two attached hydrogens (primary N) is 2. The molecule has 5 N–H and O–H groups in total. The molecule has 1 aromatic rings. The number of hydrogen-bond donors (Lipinski definition) is 3. The van der Waals surface area contributed by atoms with Crippen LogP contribution in [-0.2, 0) is 4.74 Å². The number of anilines is 1. The highest BCUT2D eigenvalue weighted by atomic mass is 16.5. The van der Waals surface area contributed by atoms with E-state index in [0.717, 1.165) is 0 Å². The third-order valence-corrected chi connectivity index (χ3v) is 1.84. The molecule has 0 unspecified atom stereocenters. The number of ether oxygens (including phenoxy) is 1. The number of nitrogens with one attached hydrogen (secondary N) is 1. The van der Waals surface area contributed by atoms with E-state index >= 15 is 0 Å². The molecule has 0 aliphatic carbocycles. The van der Waals surface area contributed by atoms with E-state index < -0.39 is 6.09 Å². The van der Waals surface area contributed by atoms with Crippen molar-refractivity contribution in [3.05, 3.63) is 29.8 Å². The number of rotatable bonds is 4. The first-order valence-corrected chi connectivity index (χ1v) is 4.66. The van der Waals surface area contributed by atoms with E-state index in [-0.39, 0.29) is 19.1 Å². The van der Waals surface area contributed by atoms with Crippen molar-refractivity contribution in [2.45, 2.75) is 0 Å². The molecular weight excluding hydrogens is 210 g/mol. The molecule has 1 rings (SSSR count). The summed E-state index contributed by atoms with van der Waals surface area (Å²) in [6, 6.07) is 6.70. The van der Waals surface area contributed by atoms with E-state index in [0.29, 0.717) is 11.3 Å². The predicted octanol–water partition coefficient (Wildman–Crippen LogP) is 0.0939. The Morgan fingerprint density at radius 1 is 1.31 bits per heavy atom. The zero-order valence-corrected chi connectivity index (χ0v) is 8.60. The van der Waals surface area contributed by atoms with Crippen LogP contribution in [0.1, 0.15) is 10.4 Å². The molecule has 16 heavy (non-hydrogen) atoms. The van der Waals surface area contributed by atoms with E-state index in [2.05, 4.69) is 10.1 Å². The highest BCUT2D eigenvalue weighted by Crippen LogP contribution is 2.09. The number of hydrogen-bond acceptors (Lipinski definition) is 4. The summed E-state index contributed by atoms with van der Waals surface area (Å²) in [5.41, 5.74) is 11.1. The van der Waals surface area contributed by atoms with Gasteiger partial charge in [0.25, 0.3) is 5.91 Å². The average Bonchev–Trinajstić information content (AvgIpc) is 2.24. The van der Waals surface area contributed by atoms with Crippen molar-refractivity contribution in [1.82, 2.24) is 5.32 Å². The van der Waals surface area contributed by atoms with Gasteiger partial charge in [0, 0.05) is 5.69 Å². The van der Waals surface area contributed by atoms with Gasteiger partial charge in [-0.15, -0.1) is 0 Å². The van der Waals surface area contributed by atoms with Gasteiger partial charge >= 0.3 is 6.09 Å². The maximum Gasteiger partial charge on any atom is 0.404 e. The summed E-state index contributed by atoms with van der Waals surface area (Å²) in [5.74, 6) is -0.314. The largest absolute Gasteiger partial charge is 0.448 e. The quantitative estimate of drug-likeness (QED) is 0.496. The van der Waals surface area contributed by atoms with Gasteiger partial charge in [-0.25, -0.2) is 4.79 Å². The summed E-state index contributed by atoms with van der Waals surface area (Å²) >= 11 is 0. The Kier molecular flexibility index (Phi) is 4.14. The van der Waals surface area contributed by atoms with Crippen LogP contribution in [0.2, 0.25) is 0 Å². The van der Waals surface area contributed by atoms with Crippen LogP contribution in [0.4, 0.5) is 10.5 Å². The fourth-order valence-electron chi connectivity index (χ4n) is 1.12. The van der Waals surface area contributed by atoms with Gasteiger partial charge in [-0.3, -0.25) is 4.79 Å². The molecule has 6 nitrogen and oxygen atoms in total. The molecule has 86 valence electrons. The van der Waals surface area contributed by atoms with Crippen molar-refractivity contribution in [3.63, 3.8) is 0 Å². The summed E-state index contributed by atoms with van der Waals surface area (Å²) in [4.78, 5) is 21.8. The Hall–Kier alpha value is -2.24. The number of primary amides is 1.